The highest BCUT2D eigenvalue weighted by atomic mass is 35.5. The average molecular weight is 360 g/mol. The molecule has 3 heterocycles. The van der Waals surface area contributed by atoms with Crippen molar-refractivity contribution in [1.29, 1.82) is 0 Å². The molecule has 1 aliphatic rings. The second-order valence-electron chi connectivity index (χ2n) is 6.24. The second kappa shape index (κ2) is 5.23. The number of H-pyrrole nitrogens is 1. The van der Waals surface area contributed by atoms with Crippen molar-refractivity contribution in [3.05, 3.63) is 46.9 Å². The first-order valence-corrected chi connectivity index (χ1v) is 8.30. The van der Waals surface area contributed by atoms with E-state index in [-0.39, 0.29) is 5.56 Å². The van der Waals surface area contributed by atoms with Crippen molar-refractivity contribution in [2.24, 2.45) is 0 Å². The molecule has 0 aliphatic heterocycles. The molecule has 0 atom stereocenters. The highest BCUT2D eigenvalue weighted by Crippen LogP contribution is 2.40. The smallest absolute Gasteiger partial charge is 0.265 e. The van der Waals surface area contributed by atoms with E-state index in [0.29, 0.717) is 39.2 Å². The third kappa shape index (κ3) is 2.30. The van der Waals surface area contributed by atoms with Crippen LogP contribution in [0.3, 0.4) is 0 Å². The summed E-state index contributed by atoms with van der Waals surface area (Å²) in [6.45, 7) is 0. The summed E-state index contributed by atoms with van der Waals surface area (Å²) in [5.41, 5.74) is 2.01. The molecule has 1 aromatic carbocycles. The molecule has 0 bridgehead atoms. The molecule has 3 aromatic heterocycles. The maximum atomic E-state index is 13.7. The highest BCUT2D eigenvalue weighted by Gasteiger charge is 2.29. The molecule has 1 saturated carbocycles. The fourth-order valence-corrected chi connectivity index (χ4v) is 3.38. The van der Waals surface area contributed by atoms with Crippen molar-refractivity contribution in [3.8, 4) is 11.3 Å². The van der Waals surface area contributed by atoms with Crippen molar-refractivity contribution in [2.75, 3.05) is 0 Å². The van der Waals surface area contributed by atoms with E-state index in [1.54, 1.807) is 24.4 Å². The van der Waals surface area contributed by atoms with Gasteiger partial charge in [0.05, 0.1) is 22.4 Å². The first-order chi connectivity index (χ1) is 12.1. The van der Waals surface area contributed by atoms with Gasteiger partial charge in [0, 0.05) is 22.4 Å². The Balaban J connectivity index is 1.83. The molecule has 1 fully saturated rings. The maximum absolute atomic E-state index is 13.7. The topological polar surface area (TPSA) is 58.9 Å². The molecule has 1 aliphatic carbocycles. The monoisotopic (exact) mass is 359 g/mol. The predicted molar refractivity (Wildman–Crippen MR) is 90.0 cm³/mol. The van der Waals surface area contributed by atoms with Crippen molar-refractivity contribution in [2.45, 2.75) is 25.2 Å². The standard InChI is InChI=1S/C17H12ClF2N5/c18-12-6-9(5-10-7-21-23-14(10)12)15-11(16(19)20)3-4-13-22-17(8-1-2-8)24-25(13)15/h3-8,16H,1-2H2,(H,21,23). The molecule has 0 spiro atoms. The lowest BCUT2D eigenvalue weighted by Crippen LogP contribution is -2.01. The summed E-state index contributed by atoms with van der Waals surface area (Å²) in [6.07, 6.45) is 1.07. The molecule has 0 unspecified atom stereocenters. The Morgan fingerprint density at radius 1 is 1.24 bits per heavy atom. The summed E-state index contributed by atoms with van der Waals surface area (Å²) >= 11 is 6.30. The van der Waals surface area contributed by atoms with Gasteiger partial charge >= 0.3 is 0 Å². The molecule has 5 nitrogen and oxygen atoms in total. The number of aromatic nitrogens is 5. The van der Waals surface area contributed by atoms with Crippen LogP contribution in [0.15, 0.2) is 30.5 Å². The van der Waals surface area contributed by atoms with Gasteiger partial charge < -0.3 is 0 Å². The largest absolute Gasteiger partial charge is 0.276 e. The number of nitrogens with one attached hydrogen (secondary N) is 1. The third-order valence-corrected chi connectivity index (χ3v) is 4.80. The van der Waals surface area contributed by atoms with Crippen molar-refractivity contribution < 1.29 is 8.78 Å². The molecule has 1 N–H and O–H groups in total. The summed E-state index contributed by atoms with van der Waals surface area (Å²) in [5, 5.41) is 12.4. The lowest BCUT2D eigenvalue weighted by atomic mass is 10.0. The van der Waals surface area contributed by atoms with Crippen LogP contribution < -0.4 is 0 Å². The number of hydrogen-bond acceptors (Lipinski definition) is 3. The highest BCUT2D eigenvalue weighted by molar-refractivity contribution is 6.35. The zero-order valence-corrected chi connectivity index (χ0v) is 13.6. The van der Waals surface area contributed by atoms with E-state index in [1.807, 2.05) is 0 Å². The Labute approximate surface area is 145 Å². The van der Waals surface area contributed by atoms with Crippen molar-refractivity contribution in [3.63, 3.8) is 0 Å². The molecular formula is C17H12ClF2N5. The Hall–Kier alpha value is -2.54. The normalized spacial score (nSPS) is 14.9. The zero-order chi connectivity index (χ0) is 17.1. The third-order valence-electron chi connectivity index (χ3n) is 4.50. The van der Waals surface area contributed by atoms with Crippen LogP contribution in [0.4, 0.5) is 8.78 Å². The number of pyridine rings is 1. The van der Waals surface area contributed by atoms with Crippen LogP contribution >= 0.6 is 11.6 Å². The lowest BCUT2D eigenvalue weighted by Gasteiger charge is -2.11. The van der Waals surface area contributed by atoms with Gasteiger partial charge in [-0.1, -0.05) is 11.6 Å². The molecule has 8 heteroatoms. The van der Waals surface area contributed by atoms with Crippen LogP contribution in [0.2, 0.25) is 5.02 Å². The Bertz CT molecular complexity index is 1110. The molecule has 0 radical (unpaired) electrons. The fraction of sp³-hybridized carbons (Fsp3) is 0.235. The van der Waals surface area contributed by atoms with Crippen LogP contribution in [0.1, 0.15) is 36.6 Å². The minimum Gasteiger partial charge on any atom is -0.276 e. The number of aromatic amines is 1. The van der Waals surface area contributed by atoms with E-state index in [9.17, 15) is 8.78 Å². The molecule has 25 heavy (non-hydrogen) atoms. The maximum Gasteiger partial charge on any atom is 0.265 e. The minimum absolute atomic E-state index is 0.0985. The number of nitrogens with zero attached hydrogens (tertiary/aromatic N) is 4. The van der Waals surface area contributed by atoms with Crippen molar-refractivity contribution >= 4 is 28.2 Å². The van der Waals surface area contributed by atoms with Gasteiger partial charge in [-0.2, -0.15) is 10.2 Å². The zero-order valence-electron chi connectivity index (χ0n) is 12.9. The van der Waals surface area contributed by atoms with E-state index in [4.69, 9.17) is 11.6 Å². The van der Waals surface area contributed by atoms with Gasteiger partial charge in [0.1, 0.15) is 0 Å². The van der Waals surface area contributed by atoms with Crippen LogP contribution in [-0.4, -0.2) is 24.8 Å². The van der Waals surface area contributed by atoms with Crippen LogP contribution in [0.5, 0.6) is 0 Å². The van der Waals surface area contributed by atoms with E-state index >= 15 is 0 Å². The predicted octanol–water partition coefficient (Wildman–Crippen LogP) is 4.74. The van der Waals surface area contributed by atoms with E-state index < -0.39 is 6.43 Å². The number of hydrogen-bond donors (Lipinski definition) is 1. The molecule has 4 aromatic rings. The molecule has 0 amide bonds. The van der Waals surface area contributed by atoms with Gasteiger partial charge in [-0.05, 0) is 37.1 Å². The number of rotatable bonds is 3. The summed E-state index contributed by atoms with van der Waals surface area (Å²) in [5.74, 6) is 1.05. The van der Waals surface area contributed by atoms with Gasteiger partial charge in [0.2, 0.25) is 0 Å². The van der Waals surface area contributed by atoms with E-state index in [0.717, 1.165) is 18.2 Å². The van der Waals surface area contributed by atoms with Gasteiger partial charge in [-0.15, -0.1) is 0 Å². The van der Waals surface area contributed by atoms with Gasteiger partial charge in [-0.25, -0.2) is 18.3 Å². The first kappa shape index (κ1) is 14.8. The number of fused-ring (bicyclic) bond motifs is 2. The number of benzene rings is 1. The minimum atomic E-state index is -2.63. The Morgan fingerprint density at radius 3 is 2.84 bits per heavy atom. The molecular weight excluding hydrogens is 348 g/mol. The van der Waals surface area contributed by atoms with Gasteiger partial charge in [-0.3, -0.25) is 5.10 Å². The lowest BCUT2D eigenvalue weighted by molar-refractivity contribution is 0.151. The molecule has 5 rings (SSSR count). The number of halogens is 3. The van der Waals surface area contributed by atoms with E-state index in [1.165, 1.54) is 10.6 Å². The molecule has 0 saturated heterocycles. The summed E-state index contributed by atoms with van der Waals surface area (Å²) in [7, 11) is 0. The van der Waals surface area contributed by atoms with Crippen LogP contribution in [0.25, 0.3) is 27.8 Å². The molecule has 126 valence electrons. The summed E-state index contributed by atoms with van der Waals surface area (Å²) < 4.78 is 28.8. The first-order valence-electron chi connectivity index (χ1n) is 7.92. The Kier molecular flexibility index (Phi) is 3.09. The van der Waals surface area contributed by atoms with Gasteiger partial charge in [0.25, 0.3) is 6.43 Å². The summed E-state index contributed by atoms with van der Waals surface area (Å²) in [4.78, 5) is 4.49. The van der Waals surface area contributed by atoms with Crippen molar-refractivity contribution in [1.82, 2.24) is 24.8 Å². The Morgan fingerprint density at radius 2 is 2.08 bits per heavy atom. The summed E-state index contributed by atoms with van der Waals surface area (Å²) in [6, 6.07) is 6.43. The van der Waals surface area contributed by atoms with Gasteiger partial charge in [0.15, 0.2) is 11.5 Å². The van der Waals surface area contributed by atoms with Crippen LogP contribution in [0, 0.1) is 0 Å². The quantitative estimate of drug-likeness (QED) is 0.574. The van der Waals surface area contributed by atoms with Crippen LogP contribution in [-0.2, 0) is 0 Å². The second-order valence-corrected chi connectivity index (χ2v) is 6.65. The van der Waals surface area contributed by atoms with E-state index in [2.05, 4.69) is 20.3 Å². The SMILES string of the molecule is FC(F)c1ccc2nc(C3CC3)nn2c1-c1cc(Cl)c2[nH]ncc2c1. The number of alkyl halides is 2. The fourth-order valence-electron chi connectivity index (χ4n) is 3.11. The average Bonchev–Trinajstić information content (AvgIpc) is 3.16.